The summed E-state index contributed by atoms with van der Waals surface area (Å²) in [5, 5.41) is 0.495. The molecule has 2 rings (SSSR count). The molecular weight excluding hydrogens is 216 g/mol. The molecule has 1 heterocycles. The van der Waals surface area contributed by atoms with Gasteiger partial charge in [-0.15, -0.1) is 0 Å². The third-order valence-corrected chi connectivity index (χ3v) is 2.31. The highest BCUT2D eigenvalue weighted by Gasteiger charge is 2.17. The molecule has 0 aromatic heterocycles. The molecule has 0 N–H and O–H groups in total. The highest BCUT2D eigenvalue weighted by molar-refractivity contribution is 6.32. The second-order valence-electron chi connectivity index (χ2n) is 3.24. The maximum Gasteiger partial charge on any atom is 0.231 e. The number of fused-ring (bicyclic) bond motifs is 1. The molecule has 0 bridgehead atoms. The van der Waals surface area contributed by atoms with Crippen molar-refractivity contribution < 1.29 is 14.3 Å². The lowest BCUT2D eigenvalue weighted by molar-refractivity contribution is -0.104. The van der Waals surface area contributed by atoms with E-state index in [0.29, 0.717) is 22.1 Å². The molecule has 0 atom stereocenters. The van der Waals surface area contributed by atoms with E-state index in [1.165, 1.54) is 0 Å². The zero-order valence-corrected chi connectivity index (χ0v) is 8.88. The normalized spacial score (nSPS) is 14.1. The van der Waals surface area contributed by atoms with Crippen LogP contribution in [0.1, 0.15) is 12.5 Å². The van der Waals surface area contributed by atoms with Crippen LogP contribution in [0, 0.1) is 0 Å². The lowest BCUT2D eigenvalue weighted by Gasteiger charge is -2.01. The molecule has 1 aromatic rings. The van der Waals surface area contributed by atoms with Crippen LogP contribution in [0.3, 0.4) is 0 Å². The molecule has 1 aliphatic heterocycles. The van der Waals surface area contributed by atoms with Crippen LogP contribution < -0.4 is 9.47 Å². The van der Waals surface area contributed by atoms with E-state index >= 15 is 0 Å². The Bertz CT molecular complexity index is 438. The minimum Gasteiger partial charge on any atom is -0.454 e. The Kier molecular flexibility index (Phi) is 2.64. The van der Waals surface area contributed by atoms with E-state index in [2.05, 4.69) is 0 Å². The Balaban J connectivity index is 2.44. The van der Waals surface area contributed by atoms with Gasteiger partial charge in [-0.05, 0) is 36.3 Å². The molecule has 0 unspecified atom stereocenters. The number of ether oxygens (including phenoxy) is 2. The highest BCUT2D eigenvalue weighted by Crippen LogP contribution is 2.40. The van der Waals surface area contributed by atoms with Crippen LogP contribution in [0.2, 0.25) is 5.02 Å². The van der Waals surface area contributed by atoms with Crippen LogP contribution in [0.15, 0.2) is 17.7 Å². The van der Waals surface area contributed by atoms with Crippen molar-refractivity contribution in [3.8, 4) is 11.5 Å². The molecule has 15 heavy (non-hydrogen) atoms. The smallest absolute Gasteiger partial charge is 0.231 e. The molecule has 78 valence electrons. The molecule has 1 aliphatic rings. The predicted molar refractivity (Wildman–Crippen MR) is 57.3 cm³/mol. The lowest BCUT2D eigenvalue weighted by Crippen LogP contribution is -1.93. The van der Waals surface area contributed by atoms with Crippen molar-refractivity contribution in [2.75, 3.05) is 6.79 Å². The van der Waals surface area contributed by atoms with Crippen molar-refractivity contribution in [1.82, 2.24) is 0 Å². The summed E-state index contributed by atoms with van der Waals surface area (Å²) >= 11 is 5.98. The van der Waals surface area contributed by atoms with Crippen molar-refractivity contribution in [1.29, 1.82) is 0 Å². The number of aldehydes is 1. The van der Waals surface area contributed by atoms with E-state index < -0.39 is 0 Å². The van der Waals surface area contributed by atoms with E-state index in [9.17, 15) is 4.79 Å². The van der Waals surface area contributed by atoms with Gasteiger partial charge < -0.3 is 9.47 Å². The molecule has 0 amide bonds. The highest BCUT2D eigenvalue weighted by atomic mass is 35.5. The molecule has 1 aromatic carbocycles. The second kappa shape index (κ2) is 3.95. The number of rotatable bonds is 2. The quantitative estimate of drug-likeness (QED) is 0.572. The average molecular weight is 225 g/mol. The number of halogens is 1. The second-order valence-corrected chi connectivity index (χ2v) is 3.65. The topological polar surface area (TPSA) is 35.5 Å². The Labute approximate surface area is 92.3 Å². The van der Waals surface area contributed by atoms with Crippen molar-refractivity contribution >= 4 is 24.0 Å². The van der Waals surface area contributed by atoms with Crippen molar-refractivity contribution in [3.63, 3.8) is 0 Å². The molecule has 0 radical (unpaired) electrons. The lowest BCUT2D eigenvalue weighted by atomic mass is 10.1. The number of benzene rings is 1. The Morgan fingerprint density at radius 3 is 3.00 bits per heavy atom. The number of allylic oxidation sites excluding steroid dienone is 1. The van der Waals surface area contributed by atoms with Gasteiger partial charge in [0, 0.05) is 0 Å². The van der Waals surface area contributed by atoms with E-state index in [0.717, 1.165) is 11.8 Å². The molecule has 0 saturated heterocycles. The van der Waals surface area contributed by atoms with Gasteiger partial charge in [0.2, 0.25) is 6.79 Å². The largest absolute Gasteiger partial charge is 0.454 e. The van der Waals surface area contributed by atoms with Gasteiger partial charge in [0.05, 0.1) is 5.02 Å². The van der Waals surface area contributed by atoms with Gasteiger partial charge in [0.15, 0.2) is 11.5 Å². The summed E-state index contributed by atoms with van der Waals surface area (Å²) in [6.07, 6.45) is 2.53. The fourth-order valence-electron chi connectivity index (χ4n) is 1.37. The maximum absolute atomic E-state index is 10.5. The fourth-order valence-corrected chi connectivity index (χ4v) is 1.64. The molecule has 0 fully saturated rings. The molecular formula is C11H9ClO3. The molecule has 4 heteroatoms. The summed E-state index contributed by atoms with van der Waals surface area (Å²) in [4.78, 5) is 10.5. The van der Waals surface area contributed by atoms with Crippen LogP contribution in [0.4, 0.5) is 0 Å². The van der Waals surface area contributed by atoms with E-state index in [4.69, 9.17) is 21.1 Å². The number of hydrogen-bond acceptors (Lipinski definition) is 3. The van der Waals surface area contributed by atoms with Crippen LogP contribution in [0.25, 0.3) is 6.08 Å². The minimum atomic E-state index is 0.189. The third kappa shape index (κ3) is 1.97. The summed E-state index contributed by atoms with van der Waals surface area (Å²) < 4.78 is 10.4. The van der Waals surface area contributed by atoms with E-state index in [1.54, 1.807) is 25.1 Å². The van der Waals surface area contributed by atoms with Gasteiger partial charge >= 0.3 is 0 Å². The van der Waals surface area contributed by atoms with Crippen molar-refractivity contribution in [3.05, 3.63) is 28.3 Å². The molecule has 0 saturated carbocycles. The first-order chi connectivity index (χ1) is 7.20. The van der Waals surface area contributed by atoms with Gasteiger partial charge in [-0.2, -0.15) is 0 Å². The predicted octanol–water partition coefficient (Wildman–Crippen LogP) is 2.67. The van der Waals surface area contributed by atoms with Crippen LogP contribution in [-0.4, -0.2) is 13.1 Å². The van der Waals surface area contributed by atoms with E-state index in [-0.39, 0.29) is 6.79 Å². The molecule has 0 aliphatic carbocycles. The van der Waals surface area contributed by atoms with Gasteiger partial charge in [0.25, 0.3) is 0 Å². The Hall–Kier alpha value is -1.48. The first-order valence-corrected chi connectivity index (χ1v) is 4.81. The van der Waals surface area contributed by atoms with Crippen LogP contribution >= 0.6 is 11.6 Å². The van der Waals surface area contributed by atoms with Crippen molar-refractivity contribution in [2.45, 2.75) is 6.92 Å². The standard InChI is InChI=1S/C11H9ClO3/c1-7(5-13)2-8-3-9(12)11-10(4-8)14-6-15-11/h2-5H,6H2,1H3/b7-2-. The zero-order valence-electron chi connectivity index (χ0n) is 8.12. The Morgan fingerprint density at radius 2 is 2.27 bits per heavy atom. The maximum atomic E-state index is 10.5. The van der Waals surface area contributed by atoms with Gasteiger partial charge in [0.1, 0.15) is 6.29 Å². The molecule has 0 spiro atoms. The van der Waals surface area contributed by atoms with Crippen LogP contribution in [-0.2, 0) is 4.79 Å². The van der Waals surface area contributed by atoms with Crippen LogP contribution in [0.5, 0.6) is 11.5 Å². The fraction of sp³-hybridized carbons (Fsp3) is 0.182. The summed E-state index contributed by atoms with van der Waals surface area (Å²) in [6.45, 7) is 1.92. The zero-order chi connectivity index (χ0) is 10.8. The monoisotopic (exact) mass is 224 g/mol. The third-order valence-electron chi connectivity index (χ3n) is 2.03. The Morgan fingerprint density at radius 1 is 1.47 bits per heavy atom. The summed E-state index contributed by atoms with van der Waals surface area (Å²) in [5.74, 6) is 1.19. The molecule has 3 nitrogen and oxygen atoms in total. The van der Waals surface area contributed by atoms with E-state index in [1.807, 2.05) is 0 Å². The first-order valence-electron chi connectivity index (χ1n) is 4.43. The van der Waals surface area contributed by atoms with Gasteiger partial charge in [-0.1, -0.05) is 11.6 Å². The minimum absolute atomic E-state index is 0.189. The SMILES string of the molecule is C/C(C=O)=C/c1cc(Cl)c2c(c1)OCO2. The summed E-state index contributed by atoms with van der Waals surface area (Å²) in [7, 11) is 0. The summed E-state index contributed by atoms with van der Waals surface area (Å²) in [5.41, 5.74) is 1.46. The van der Waals surface area contributed by atoms with Crippen molar-refractivity contribution in [2.24, 2.45) is 0 Å². The number of hydrogen-bond donors (Lipinski definition) is 0. The first kappa shape index (κ1) is 10.1. The van der Waals surface area contributed by atoms with Gasteiger partial charge in [-0.25, -0.2) is 0 Å². The number of carbonyl (C=O) groups excluding carboxylic acids is 1. The van der Waals surface area contributed by atoms with Gasteiger partial charge in [-0.3, -0.25) is 4.79 Å². The number of carbonyl (C=O) groups is 1. The average Bonchev–Trinajstić information content (AvgIpc) is 2.66. The summed E-state index contributed by atoms with van der Waals surface area (Å²) in [6, 6.07) is 3.53.